The molecule has 8 heteroatoms. The maximum atomic E-state index is 13.6. The fourth-order valence-electron chi connectivity index (χ4n) is 3.81. The van der Waals surface area contributed by atoms with Gasteiger partial charge in [-0.05, 0) is 66.8 Å². The van der Waals surface area contributed by atoms with Crippen LogP contribution >= 0.6 is 0 Å². The lowest BCUT2D eigenvalue weighted by Gasteiger charge is -2.19. The van der Waals surface area contributed by atoms with Crippen LogP contribution in [0.5, 0.6) is 0 Å². The van der Waals surface area contributed by atoms with Crippen molar-refractivity contribution in [2.75, 3.05) is 17.3 Å². The van der Waals surface area contributed by atoms with E-state index in [-0.39, 0.29) is 16.8 Å². The van der Waals surface area contributed by atoms with Gasteiger partial charge >= 0.3 is 5.69 Å². The van der Waals surface area contributed by atoms with Crippen molar-refractivity contribution in [1.29, 1.82) is 0 Å². The summed E-state index contributed by atoms with van der Waals surface area (Å²) in [5.41, 5.74) is 2.65. The Labute approximate surface area is 197 Å². The van der Waals surface area contributed by atoms with E-state index >= 15 is 0 Å². The molecule has 0 saturated heterocycles. The fourth-order valence-corrected chi connectivity index (χ4v) is 3.81. The molecule has 0 aliphatic heterocycles. The molecular formula is C26H26FN3O4. The molecule has 0 unspecified atom stereocenters. The number of amides is 2. The van der Waals surface area contributed by atoms with Crippen molar-refractivity contribution in [1.82, 2.24) is 0 Å². The summed E-state index contributed by atoms with van der Waals surface area (Å²) in [5, 5.41) is 14.8. The first kappa shape index (κ1) is 24.6. The van der Waals surface area contributed by atoms with Crippen LogP contribution in [0.1, 0.15) is 57.2 Å². The number of benzene rings is 3. The van der Waals surface area contributed by atoms with Crippen LogP contribution < -0.4 is 10.2 Å². The van der Waals surface area contributed by atoms with E-state index in [9.17, 15) is 24.1 Å². The zero-order chi connectivity index (χ0) is 25.2. The molecule has 0 radical (unpaired) electrons. The number of anilines is 2. The maximum Gasteiger partial charge on any atom is 0.305 e. The lowest BCUT2D eigenvalue weighted by atomic mass is 9.96. The Balaban J connectivity index is 2.01. The van der Waals surface area contributed by atoms with E-state index in [0.29, 0.717) is 11.6 Å². The van der Waals surface area contributed by atoms with Crippen molar-refractivity contribution in [3.8, 4) is 0 Å². The predicted octanol–water partition coefficient (Wildman–Crippen LogP) is 6.00. The summed E-state index contributed by atoms with van der Waals surface area (Å²) in [6.45, 7) is 7.88. The third-order valence-electron chi connectivity index (χ3n) is 5.64. The quantitative estimate of drug-likeness (QED) is 0.358. The summed E-state index contributed by atoms with van der Waals surface area (Å²) in [6, 6.07) is 13.2. The molecule has 176 valence electrons. The highest BCUT2D eigenvalue weighted by Gasteiger charge is 2.29. The summed E-state index contributed by atoms with van der Waals surface area (Å²) in [5.74, 6) is -1.60. The molecular weight excluding hydrogens is 437 g/mol. The van der Waals surface area contributed by atoms with Crippen LogP contribution in [0, 0.1) is 29.8 Å². The van der Waals surface area contributed by atoms with Crippen LogP contribution in [0.15, 0.2) is 54.6 Å². The van der Waals surface area contributed by atoms with Crippen LogP contribution in [-0.2, 0) is 0 Å². The van der Waals surface area contributed by atoms with E-state index in [4.69, 9.17) is 0 Å². The van der Waals surface area contributed by atoms with Gasteiger partial charge in [-0.3, -0.25) is 19.7 Å². The molecule has 0 bridgehead atoms. The molecule has 34 heavy (non-hydrogen) atoms. The summed E-state index contributed by atoms with van der Waals surface area (Å²) >= 11 is 0. The molecule has 2 amide bonds. The van der Waals surface area contributed by atoms with E-state index in [0.717, 1.165) is 27.7 Å². The van der Waals surface area contributed by atoms with Crippen molar-refractivity contribution >= 4 is 28.9 Å². The standard InChI is InChI=1S/C26H26FN3O4/c1-15(2)19-12-16(3)23(17(4)13-19)28-25(31)21-10-7-11-22(24(21)30(33)34)29(5)26(32)18-8-6-9-20(27)14-18/h6-15H,1-5H3,(H,28,31). The van der Waals surface area contributed by atoms with Gasteiger partial charge in [-0.1, -0.05) is 38.1 Å². The van der Waals surface area contributed by atoms with E-state index in [1.807, 2.05) is 26.0 Å². The van der Waals surface area contributed by atoms with Crippen LogP contribution in [0.3, 0.4) is 0 Å². The van der Waals surface area contributed by atoms with Gasteiger partial charge in [0.05, 0.1) is 4.92 Å². The van der Waals surface area contributed by atoms with Gasteiger partial charge in [0.2, 0.25) is 0 Å². The molecule has 3 aromatic rings. The summed E-state index contributed by atoms with van der Waals surface area (Å²) in [6.07, 6.45) is 0. The third-order valence-corrected chi connectivity index (χ3v) is 5.64. The van der Waals surface area contributed by atoms with Crippen LogP contribution in [0.2, 0.25) is 0 Å². The first-order chi connectivity index (χ1) is 16.0. The first-order valence-corrected chi connectivity index (χ1v) is 10.7. The van der Waals surface area contributed by atoms with Gasteiger partial charge in [0.1, 0.15) is 17.1 Å². The Morgan fingerprint density at radius 2 is 1.65 bits per heavy atom. The van der Waals surface area contributed by atoms with E-state index in [1.54, 1.807) is 0 Å². The van der Waals surface area contributed by atoms with E-state index in [2.05, 4.69) is 19.2 Å². The Bertz CT molecular complexity index is 1260. The number of hydrogen-bond acceptors (Lipinski definition) is 4. The van der Waals surface area contributed by atoms with E-state index in [1.165, 1.54) is 43.4 Å². The summed E-state index contributed by atoms with van der Waals surface area (Å²) < 4.78 is 13.6. The molecule has 0 aliphatic rings. The number of para-hydroxylation sites is 1. The normalized spacial score (nSPS) is 10.8. The summed E-state index contributed by atoms with van der Waals surface area (Å²) in [7, 11) is 1.34. The number of halogens is 1. The van der Waals surface area contributed by atoms with Gasteiger partial charge in [-0.15, -0.1) is 0 Å². The maximum absolute atomic E-state index is 13.6. The number of nitro benzene ring substituents is 1. The third kappa shape index (κ3) is 4.96. The number of nitro groups is 1. The van der Waals surface area contributed by atoms with Crippen molar-refractivity contribution in [3.63, 3.8) is 0 Å². The molecule has 0 spiro atoms. The molecule has 0 heterocycles. The second-order valence-corrected chi connectivity index (χ2v) is 8.44. The number of carbonyl (C=O) groups excluding carboxylic acids is 2. The van der Waals surface area contributed by atoms with Crippen molar-refractivity contribution < 1.29 is 18.9 Å². The second-order valence-electron chi connectivity index (χ2n) is 8.44. The van der Waals surface area contributed by atoms with Gasteiger partial charge in [0.15, 0.2) is 0 Å². The highest BCUT2D eigenvalue weighted by atomic mass is 19.1. The van der Waals surface area contributed by atoms with Crippen molar-refractivity contribution in [3.05, 3.63) is 98.3 Å². The number of hydrogen-bond donors (Lipinski definition) is 1. The number of nitrogens with zero attached hydrogens (tertiary/aromatic N) is 2. The Kier molecular flexibility index (Phi) is 7.10. The minimum Gasteiger partial charge on any atom is -0.321 e. The van der Waals surface area contributed by atoms with Crippen molar-refractivity contribution in [2.24, 2.45) is 0 Å². The minimum atomic E-state index is -0.693. The number of nitrogens with one attached hydrogen (secondary N) is 1. The SMILES string of the molecule is Cc1cc(C(C)C)cc(C)c1NC(=O)c1cccc(N(C)C(=O)c2cccc(F)c2)c1[N+](=O)[O-]. The molecule has 7 nitrogen and oxygen atoms in total. The molecule has 3 rings (SSSR count). The Morgan fingerprint density at radius 1 is 1.03 bits per heavy atom. The van der Waals surface area contributed by atoms with Gasteiger partial charge in [0.25, 0.3) is 11.8 Å². The lowest BCUT2D eigenvalue weighted by molar-refractivity contribution is -0.384. The molecule has 1 N–H and O–H groups in total. The Morgan fingerprint density at radius 3 is 2.21 bits per heavy atom. The van der Waals surface area contributed by atoms with Gasteiger partial charge in [-0.2, -0.15) is 0 Å². The zero-order valence-corrected chi connectivity index (χ0v) is 19.7. The molecule has 3 aromatic carbocycles. The second kappa shape index (κ2) is 9.82. The molecule has 0 aromatic heterocycles. The molecule has 0 saturated carbocycles. The molecule has 0 fully saturated rings. The van der Waals surface area contributed by atoms with Gasteiger partial charge in [-0.25, -0.2) is 4.39 Å². The molecule has 0 aliphatic carbocycles. The largest absolute Gasteiger partial charge is 0.321 e. The highest BCUT2D eigenvalue weighted by molar-refractivity contribution is 6.12. The zero-order valence-electron chi connectivity index (χ0n) is 19.7. The van der Waals surface area contributed by atoms with Crippen LogP contribution in [0.4, 0.5) is 21.5 Å². The van der Waals surface area contributed by atoms with Gasteiger partial charge < -0.3 is 10.2 Å². The number of carbonyl (C=O) groups is 2. The first-order valence-electron chi connectivity index (χ1n) is 10.7. The topological polar surface area (TPSA) is 92.6 Å². The predicted molar refractivity (Wildman–Crippen MR) is 130 cm³/mol. The number of rotatable bonds is 6. The summed E-state index contributed by atoms with van der Waals surface area (Å²) in [4.78, 5) is 38.4. The fraction of sp³-hybridized carbons (Fsp3) is 0.231. The average Bonchev–Trinajstić information content (AvgIpc) is 2.79. The van der Waals surface area contributed by atoms with Crippen LogP contribution in [-0.4, -0.2) is 23.8 Å². The number of aryl methyl sites for hydroxylation is 2. The smallest absolute Gasteiger partial charge is 0.305 e. The van der Waals surface area contributed by atoms with Gasteiger partial charge in [0, 0.05) is 18.3 Å². The lowest BCUT2D eigenvalue weighted by Crippen LogP contribution is -2.28. The Hall–Kier alpha value is -4.07. The van der Waals surface area contributed by atoms with Crippen molar-refractivity contribution in [2.45, 2.75) is 33.6 Å². The highest BCUT2D eigenvalue weighted by Crippen LogP contribution is 2.34. The monoisotopic (exact) mass is 463 g/mol. The average molecular weight is 464 g/mol. The molecule has 0 atom stereocenters. The van der Waals surface area contributed by atoms with Crippen LogP contribution in [0.25, 0.3) is 0 Å². The minimum absolute atomic E-state index is 0.0307. The van der Waals surface area contributed by atoms with E-state index < -0.39 is 28.2 Å².